The average molecular weight is 222 g/mol. The number of hydrogen-bond acceptors (Lipinski definition) is 3. The van der Waals surface area contributed by atoms with Gasteiger partial charge in [0.05, 0.1) is 0 Å². The van der Waals surface area contributed by atoms with Gasteiger partial charge in [-0.05, 0) is 6.42 Å². The molecule has 0 unspecified atom stereocenters. The Kier molecular flexibility index (Phi) is 3.82. The molecule has 2 N–H and O–H groups in total. The number of carbonyl (C=O) groups excluding carboxylic acids is 1. The molecule has 0 atom stereocenters. The number of H-pyrrole nitrogens is 1. The minimum Gasteiger partial charge on any atom is -0.349 e. The zero-order chi connectivity index (χ0) is 12.2. The van der Waals surface area contributed by atoms with Crippen molar-refractivity contribution < 1.29 is 4.79 Å². The van der Waals surface area contributed by atoms with E-state index in [0.717, 1.165) is 6.42 Å². The standard InChI is InChI=1S/C11H18N4O/c1-5-6-7-12-9(16)8-13-10(15-14-8)11(2,3)4/h5H,1,6-7H2,2-4H3,(H,12,16)(H,13,14,15). The van der Waals surface area contributed by atoms with Crippen LogP contribution in [0.4, 0.5) is 0 Å². The predicted octanol–water partition coefficient (Wildman–Crippen LogP) is 1.41. The minimum atomic E-state index is -0.256. The Morgan fingerprint density at radius 1 is 1.56 bits per heavy atom. The molecule has 0 radical (unpaired) electrons. The van der Waals surface area contributed by atoms with Crippen LogP contribution in [0.1, 0.15) is 43.6 Å². The van der Waals surface area contributed by atoms with E-state index in [1.165, 1.54) is 0 Å². The molecular weight excluding hydrogens is 204 g/mol. The lowest BCUT2D eigenvalue weighted by Crippen LogP contribution is -2.25. The molecule has 1 aromatic heterocycles. The van der Waals surface area contributed by atoms with E-state index in [2.05, 4.69) is 27.1 Å². The number of rotatable bonds is 4. The first kappa shape index (κ1) is 12.4. The van der Waals surface area contributed by atoms with E-state index in [4.69, 9.17) is 0 Å². The van der Waals surface area contributed by atoms with E-state index < -0.39 is 0 Å². The number of nitrogens with zero attached hydrogens (tertiary/aromatic N) is 2. The summed E-state index contributed by atoms with van der Waals surface area (Å²) in [5.41, 5.74) is -0.132. The van der Waals surface area contributed by atoms with E-state index in [1.54, 1.807) is 6.08 Å². The van der Waals surface area contributed by atoms with Crippen LogP contribution in [0.5, 0.6) is 0 Å². The third kappa shape index (κ3) is 3.18. The molecule has 16 heavy (non-hydrogen) atoms. The van der Waals surface area contributed by atoms with Gasteiger partial charge in [-0.15, -0.1) is 11.7 Å². The van der Waals surface area contributed by atoms with Crippen molar-refractivity contribution in [2.45, 2.75) is 32.6 Å². The molecule has 0 aliphatic rings. The highest BCUT2D eigenvalue weighted by atomic mass is 16.2. The Balaban J connectivity index is 2.64. The number of hydrogen-bond donors (Lipinski definition) is 2. The zero-order valence-electron chi connectivity index (χ0n) is 10.0. The molecule has 1 rings (SSSR count). The summed E-state index contributed by atoms with van der Waals surface area (Å²) < 4.78 is 0. The second-order valence-electron chi connectivity index (χ2n) is 4.59. The number of nitrogens with one attached hydrogen (secondary N) is 2. The van der Waals surface area contributed by atoms with Crippen molar-refractivity contribution in [1.29, 1.82) is 0 Å². The highest BCUT2D eigenvalue weighted by Crippen LogP contribution is 2.17. The molecular formula is C11H18N4O. The third-order valence-corrected chi connectivity index (χ3v) is 2.03. The van der Waals surface area contributed by atoms with Crippen LogP contribution in [0, 0.1) is 0 Å². The van der Waals surface area contributed by atoms with Crippen molar-refractivity contribution in [3.63, 3.8) is 0 Å². The molecule has 1 amide bonds. The minimum absolute atomic E-state index is 0.132. The van der Waals surface area contributed by atoms with Crippen molar-refractivity contribution in [3.05, 3.63) is 24.3 Å². The first-order chi connectivity index (χ1) is 7.45. The van der Waals surface area contributed by atoms with E-state index in [9.17, 15) is 4.79 Å². The Bertz CT molecular complexity index is 376. The largest absolute Gasteiger partial charge is 0.349 e. The number of carbonyl (C=O) groups is 1. The maximum atomic E-state index is 11.6. The lowest BCUT2D eigenvalue weighted by atomic mass is 9.96. The van der Waals surface area contributed by atoms with Crippen LogP contribution in [-0.2, 0) is 5.41 Å². The molecule has 0 spiro atoms. The van der Waals surface area contributed by atoms with Crippen molar-refractivity contribution in [1.82, 2.24) is 20.5 Å². The van der Waals surface area contributed by atoms with Crippen molar-refractivity contribution in [3.8, 4) is 0 Å². The predicted molar refractivity (Wildman–Crippen MR) is 62.2 cm³/mol. The Morgan fingerprint density at radius 3 is 2.75 bits per heavy atom. The van der Waals surface area contributed by atoms with Crippen molar-refractivity contribution >= 4 is 5.91 Å². The van der Waals surface area contributed by atoms with Gasteiger partial charge in [-0.25, -0.2) is 4.98 Å². The van der Waals surface area contributed by atoms with Crippen LogP contribution in [-0.4, -0.2) is 27.6 Å². The van der Waals surface area contributed by atoms with Gasteiger partial charge in [0, 0.05) is 12.0 Å². The smallest absolute Gasteiger partial charge is 0.290 e. The maximum Gasteiger partial charge on any atom is 0.290 e. The zero-order valence-corrected chi connectivity index (χ0v) is 10.0. The molecule has 0 aliphatic heterocycles. The van der Waals surface area contributed by atoms with Crippen LogP contribution in [0.15, 0.2) is 12.7 Å². The van der Waals surface area contributed by atoms with Gasteiger partial charge in [0.15, 0.2) is 0 Å². The van der Waals surface area contributed by atoms with Gasteiger partial charge in [0.2, 0.25) is 5.82 Å². The lowest BCUT2D eigenvalue weighted by Gasteiger charge is -2.12. The number of aromatic amines is 1. The molecule has 0 saturated heterocycles. The fourth-order valence-electron chi connectivity index (χ4n) is 1.07. The molecule has 0 aliphatic carbocycles. The summed E-state index contributed by atoms with van der Waals surface area (Å²) in [6.07, 6.45) is 2.49. The molecule has 5 nitrogen and oxygen atoms in total. The van der Waals surface area contributed by atoms with Gasteiger partial charge >= 0.3 is 0 Å². The lowest BCUT2D eigenvalue weighted by molar-refractivity contribution is 0.0944. The second kappa shape index (κ2) is 4.92. The highest BCUT2D eigenvalue weighted by molar-refractivity contribution is 5.90. The second-order valence-corrected chi connectivity index (χ2v) is 4.59. The first-order valence-corrected chi connectivity index (χ1v) is 5.27. The van der Waals surface area contributed by atoms with Crippen LogP contribution < -0.4 is 5.32 Å². The normalized spacial score (nSPS) is 11.2. The van der Waals surface area contributed by atoms with Gasteiger partial charge in [-0.3, -0.25) is 9.89 Å². The van der Waals surface area contributed by atoms with Gasteiger partial charge < -0.3 is 5.32 Å². The van der Waals surface area contributed by atoms with E-state index in [-0.39, 0.29) is 17.1 Å². The molecule has 0 bridgehead atoms. The summed E-state index contributed by atoms with van der Waals surface area (Å²) >= 11 is 0. The average Bonchev–Trinajstić information content (AvgIpc) is 2.66. The van der Waals surface area contributed by atoms with Crippen LogP contribution in [0.25, 0.3) is 0 Å². The summed E-state index contributed by atoms with van der Waals surface area (Å²) in [7, 11) is 0. The van der Waals surface area contributed by atoms with Gasteiger partial charge in [0.25, 0.3) is 5.91 Å². The summed E-state index contributed by atoms with van der Waals surface area (Å²) in [6, 6.07) is 0. The monoisotopic (exact) mass is 222 g/mol. The summed E-state index contributed by atoms with van der Waals surface area (Å²) in [6.45, 7) is 10.2. The molecule has 88 valence electrons. The van der Waals surface area contributed by atoms with Gasteiger partial charge in [0.1, 0.15) is 5.82 Å². The van der Waals surface area contributed by atoms with Crippen LogP contribution in [0.3, 0.4) is 0 Å². The maximum absolute atomic E-state index is 11.6. The van der Waals surface area contributed by atoms with Crippen molar-refractivity contribution in [2.75, 3.05) is 6.54 Å². The first-order valence-electron chi connectivity index (χ1n) is 5.27. The summed E-state index contributed by atoms with van der Waals surface area (Å²) in [5.74, 6) is 0.643. The molecule has 0 aromatic carbocycles. The summed E-state index contributed by atoms with van der Waals surface area (Å²) in [5, 5.41) is 9.37. The molecule has 0 saturated carbocycles. The topological polar surface area (TPSA) is 70.7 Å². The van der Waals surface area contributed by atoms with Gasteiger partial charge in [-0.2, -0.15) is 0 Å². The summed E-state index contributed by atoms with van der Waals surface area (Å²) in [4.78, 5) is 15.7. The van der Waals surface area contributed by atoms with Crippen LogP contribution in [0.2, 0.25) is 0 Å². The van der Waals surface area contributed by atoms with E-state index in [0.29, 0.717) is 12.4 Å². The fourth-order valence-corrected chi connectivity index (χ4v) is 1.07. The highest BCUT2D eigenvalue weighted by Gasteiger charge is 2.20. The van der Waals surface area contributed by atoms with E-state index >= 15 is 0 Å². The Morgan fingerprint density at radius 2 is 2.25 bits per heavy atom. The van der Waals surface area contributed by atoms with Crippen LogP contribution >= 0.6 is 0 Å². The Labute approximate surface area is 95.4 Å². The van der Waals surface area contributed by atoms with Gasteiger partial charge in [-0.1, -0.05) is 26.8 Å². The quantitative estimate of drug-likeness (QED) is 0.597. The fraction of sp³-hybridized carbons (Fsp3) is 0.545. The molecule has 0 fully saturated rings. The van der Waals surface area contributed by atoms with E-state index in [1.807, 2.05) is 20.8 Å². The molecule has 5 heteroatoms. The Hall–Kier alpha value is -1.65. The SMILES string of the molecule is C=CCCNC(=O)c1n[nH]c(C(C)(C)C)n1. The number of amides is 1. The molecule has 1 aromatic rings. The third-order valence-electron chi connectivity index (χ3n) is 2.03. The van der Waals surface area contributed by atoms with Crippen molar-refractivity contribution in [2.24, 2.45) is 0 Å². The number of aromatic nitrogens is 3. The molecule has 1 heterocycles.